The lowest BCUT2D eigenvalue weighted by Crippen LogP contribution is -2.49. The molecular weight excluding hydrogens is 250 g/mol. The summed E-state index contributed by atoms with van der Waals surface area (Å²) in [4.78, 5) is 17.6. The van der Waals surface area contributed by atoms with Crippen LogP contribution >= 0.6 is 0 Å². The van der Waals surface area contributed by atoms with Crippen molar-refractivity contribution >= 4 is 30.9 Å². The fraction of sp³-hybridized carbons (Fsp3) is 0.364. The molecule has 19 heavy (non-hydrogen) atoms. The second-order valence-corrected chi connectivity index (χ2v) is 4.55. The van der Waals surface area contributed by atoms with E-state index >= 15 is 0 Å². The van der Waals surface area contributed by atoms with Crippen molar-refractivity contribution in [2.24, 2.45) is 0 Å². The minimum absolute atomic E-state index is 0.201. The van der Waals surface area contributed by atoms with Crippen molar-refractivity contribution in [1.82, 2.24) is 14.6 Å². The third-order valence-electron chi connectivity index (χ3n) is 3.09. The molecule has 1 aliphatic heterocycles. The fourth-order valence-corrected chi connectivity index (χ4v) is 2.12. The molecule has 8 heteroatoms. The molecule has 0 saturated carbocycles. The van der Waals surface area contributed by atoms with Gasteiger partial charge in [0.2, 0.25) is 0 Å². The van der Waals surface area contributed by atoms with Gasteiger partial charge in [-0.15, -0.1) is 0 Å². The third-order valence-corrected chi connectivity index (χ3v) is 3.09. The van der Waals surface area contributed by atoms with E-state index in [1.165, 1.54) is 7.11 Å². The third kappa shape index (κ3) is 1.93. The highest BCUT2D eigenvalue weighted by molar-refractivity contribution is 6.31. The molecular formula is C11H12BFN4O2. The summed E-state index contributed by atoms with van der Waals surface area (Å²) in [5, 5.41) is 4.31. The number of carbonyl (C=O) groups is 1. The quantitative estimate of drug-likeness (QED) is 0.509. The summed E-state index contributed by atoms with van der Waals surface area (Å²) in [5.41, 5.74) is 1.54. The normalized spacial score (nSPS) is 15.6. The number of ether oxygens (including phenoxy) is 1. The predicted octanol–water partition coefficient (Wildman–Crippen LogP) is -1.07. The zero-order valence-corrected chi connectivity index (χ0v) is 10.6. The molecule has 2 aromatic rings. The number of halogens is 1. The van der Waals surface area contributed by atoms with E-state index in [2.05, 4.69) is 14.8 Å². The maximum atomic E-state index is 13.0. The van der Waals surface area contributed by atoms with Crippen molar-refractivity contribution in [1.29, 1.82) is 0 Å². The van der Waals surface area contributed by atoms with Gasteiger partial charge in [0, 0.05) is 11.7 Å². The van der Waals surface area contributed by atoms with Crippen LogP contribution in [0.1, 0.15) is 10.5 Å². The van der Waals surface area contributed by atoms with E-state index < -0.39 is 12.1 Å². The molecule has 0 N–H and O–H groups in total. The predicted molar refractivity (Wildman–Crippen MR) is 69.6 cm³/mol. The Labute approximate surface area is 109 Å². The summed E-state index contributed by atoms with van der Waals surface area (Å²) < 4.78 is 19.3. The molecule has 0 unspecified atom stereocenters. The smallest absolute Gasteiger partial charge is 0.356 e. The van der Waals surface area contributed by atoms with Gasteiger partial charge in [0.25, 0.3) is 0 Å². The summed E-state index contributed by atoms with van der Waals surface area (Å²) in [6.45, 7) is 0.608. The first kappa shape index (κ1) is 11.9. The summed E-state index contributed by atoms with van der Waals surface area (Å²) >= 11 is 0. The second-order valence-electron chi connectivity index (χ2n) is 4.55. The minimum Gasteiger partial charge on any atom is -0.464 e. The summed E-state index contributed by atoms with van der Waals surface area (Å²) in [6.07, 6.45) is -0.832. The van der Waals surface area contributed by atoms with E-state index in [1.807, 2.05) is 12.7 Å². The molecule has 98 valence electrons. The lowest BCUT2D eigenvalue weighted by Gasteiger charge is -2.36. The number of hydrogen-bond acceptors (Lipinski definition) is 5. The van der Waals surface area contributed by atoms with Gasteiger partial charge < -0.3 is 9.64 Å². The number of methoxy groups -OCH3 is 1. The van der Waals surface area contributed by atoms with Gasteiger partial charge in [-0.3, -0.25) is 0 Å². The molecule has 0 aromatic carbocycles. The van der Waals surface area contributed by atoms with Crippen LogP contribution in [-0.4, -0.2) is 54.8 Å². The first-order valence-electron chi connectivity index (χ1n) is 5.93. The molecule has 0 atom stereocenters. The van der Waals surface area contributed by atoms with Gasteiger partial charge in [-0.2, -0.15) is 9.61 Å². The van der Waals surface area contributed by atoms with E-state index in [4.69, 9.17) is 0 Å². The van der Waals surface area contributed by atoms with Crippen molar-refractivity contribution in [3.05, 3.63) is 17.8 Å². The summed E-state index contributed by atoms with van der Waals surface area (Å²) in [7, 11) is 3.14. The van der Waals surface area contributed by atoms with Crippen LogP contribution in [0.2, 0.25) is 0 Å². The lowest BCUT2D eigenvalue weighted by atomic mass is 10.1. The van der Waals surface area contributed by atoms with Crippen LogP contribution in [-0.2, 0) is 4.74 Å². The van der Waals surface area contributed by atoms with Crippen LogP contribution in [0.5, 0.6) is 0 Å². The number of aromatic nitrogens is 3. The van der Waals surface area contributed by atoms with Crippen molar-refractivity contribution in [3.63, 3.8) is 0 Å². The number of anilines is 1. The van der Waals surface area contributed by atoms with Crippen molar-refractivity contribution in [2.45, 2.75) is 6.17 Å². The van der Waals surface area contributed by atoms with Crippen LogP contribution in [0.25, 0.3) is 5.65 Å². The fourth-order valence-electron chi connectivity index (χ4n) is 2.12. The molecule has 1 fully saturated rings. The standard InChI is InChI=1S/C11H12BFN4O2/c1-19-11(18)7-2-10(16-4-6(13)5-16)17-9(14-7)3-8(12)15-17/h2-3,6H,4-5,12H2,1H3. The van der Waals surface area contributed by atoms with E-state index in [9.17, 15) is 9.18 Å². The number of esters is 1. The minimum atomic E-state index is -0.832. The Morgan fingerprint density at radius 2 is 2.26 bits per heavy atom. The average Bonchev–Trinajstić information content (AvgIpc) is 2.73. The number of nitrogens with zero attached hydrogens (tertiary/aromatic N) is 4. The number of alkyl halides is 1. The maximum absolute atomic E-state index is 13.0. The maximum Gasteiger partial charge on any atom is 0.356 e. The molecule has 0 radical (unpaired) electrons. The zero-order valence-electron chi connectivity index (χ0n) is 10.6. The monoisotopic (exact) mass is 262 g/mol. The molecule has 0 bridgehead atoms. The molecule has 3 rings (SSSR count). The highest BCUT2D eigenvalue weighted by atomic mass is 19.1. The van der Waals surface area contributed by atoms with Crippen molar-refractivity contribution < 1.29 is 13.9 Å². The van der Waals surface area contributed by atoms with Crippen molar-refractivity contribution in [3.8, 4) is 0 Å². The molecule has 1 aliphatic rings. The summed E-state index contributed by atoms with van der Waals surface area (Å²) in [5.74, 6) is 0.146. The van der Waals surface area contributed by atoms with Gasteiger partial charge >= 0.3 is 5.97 Å². The van der Waals surface area contributed by atoms with Gasteiger partial charge in [0.15, 0.2) is 19.2 Å². The number of carbonyl (C=O) groups excluding carboxylic acids is 1. The van der Waals surface area contributed by atoms with E-state index in [0.717, 1.165) is 5.59 Å². The first-order chi connectivity index (χ1) is 9.08. The van der Waals surface area contributed by atoms with Gasteiger partial charge in [0.1, 0.15) is 12.0 Å². The van der Waals surface area contributed by atoms with Crippen LogP contribution in [0.3, 0.4) is 0 Å². The molecule has 1 saturated heterocycles. The highest BCUT2D eigenvalue weighted by Gasteiger charge is 2.29. The van der Waals surface area contributed by atoms with Gasteiger partial charge in [-0.05, 0) is 6.07 Å². The van der Waals surface area contributed by atoms with Crippen molar-refractivity contribution in [2.75, 3.05) is 25.1 Å². The van der Waals surface area contributed by atoms with Gasteiger partial charge in [0.05, 0.1) is 20.2 Å². The lowest BCUT2D eigenvalue weighted by molar-refractivity contribution is 0.0594. The summed E-state index contributed by atoms with van der Waals surface area (Å²) in [6, 6.07) is 3.35. The Balaban J connectivity index is 2.13. The van der Waals surface area contributed by atoms with Gasteiger partial charge in [-0.25, -0.2) is 14.2 Å². The van der Waals surface area contributed by atoms with Crippen LogP contribution in [0.4, 0.5) is 10.2 Å². The van der Waals surface area contributed by atoms with E-state index in [1.54, 1.807) is 16.6 Å². The highest BCUT2D eigenvalue weighted by Crippen LogP contribution is 2.23. The Morgan fingerprint density at radius 1 is 1.53 bits per heavy atom. The van der Waals surface area contributed by atoms with Crippen LogP contribution in [0.15, 0.2) is 12.1 Å². The number of hydrogen-bond donors (Lipinski definition) is 0. The average molecular weight is 262 g/mol. The molecule has 0 aliphatic carbocycles. The Hall–Kier alpha value is -2.12. The molecule has 0 spiro atoms. The van der Waals surface area contributed by atoms with Crippen LogP contribution < -0.4 is 10.5 Å². The molecule has 3 heterocycles. The molecule has 6 nitrogen and oxygen atoms in total. The van der Waals surface area contributed by atoms with Gasteiger partial charge in [-0.1, -0.05) is 0 Å². The number of rotatable bonds is 2. The Bertz CT molecular complexity index is 653. The SMILES string of the molecule is Bc1cc2nc(C(=O)OC)cc(N3CC(F)C3)n2n1. The topological polar surface area (TPSA) is 59.7 Å². The molecule has 2 aromatic heterocycles. The zero-order chi connectivity index (χ0) is 13.6. The van der Waals surface area contributed by atoms with E-state index in [0.29, 0.717) is 24.6 Å². The Kier molecular flexibility index (Phi) is 2.65. The number of fused-ring (bicyclic) bond motifs is 1. The first-order valence-corrected chi connectivity index (χ1v) is 5.93. The van der Waals surface area contributed by atoms with Crippen LogP contribution in [0, 0.1) is 0 Å². The Morgan fingerprint density at radius 3 is 2.89 bits per heavy atom. The largest absolute Gasteiger partial charge is 0.464 e. The van der Waals surface area contributed by atoms with E-state index in [-0.39, 0.29) is 5.69 Å². The molecule has 0 amide bonds. The second kappa shape index (κ2) is 4.22.